The molecule has 1 N–H and O–H groups in total. The molecule has 2 aromatic rings. The van der Waals surface area contributed by atoms with Gasteiger partial charge >= 0.3 is 6.18 Å². The van der Waals surface area contributed by atoms with E-state index in [0.29, 0.717) is 10.2 Å². The van der Waals surface area contributed by atoms with Gasteiger partial charge in [-0.2, -0.15) is 13.2 Å². The second-order valence-electron chi connectivity index (χ2n) is 4.58. The van der Waals surface area contributed by atoms with Crippen LogP contribution in [0.3, 0.4) is 0 Å². The van der Waals surface area contributed by atoms with Crippen LogP contribution in [0.1, 0.15) is 24.1 Å². The van der Waals surface area contributed by atoms with Crippen LogP contribution in [-0.4, -0.2) is 0 Å². The quantitative estimate of drug-likeness (QED) is 0.603. The highest BCUT2D eigenvalue weighted by atomic mass is 79.9. The lowest BCUT2D eigenvalue weighted by Gasteiger charge is -2.19. The minimum Gasteiger partial charge on any atom is -0.378 e. The summed E-state index contributed by atoms with van der Waals surface area (Å²) in [5, 5.41) is 3.10. The van der Waals surface area contributed by atoms with Crippen molar-refractivity contribution >= 4 is 37.5 Å². The zero-order valence-electron chi connectivity index (χ0n) is 11.0. The summed E-state index contributed by atoms with van der Waals surface area (Å²) in [7, 11) is 0. The lowest BCUT2D eigenvalue weighted by Crippen LogP contribution is -2.10. The molecule has 1 atom stereocenters. The van der Waals surface area contributed by atoms with E-state index in [4.69, 9.17) is 0 Å². The lowest BCUT2D eigenvalue weighted by atomic mass is 10.1. The second kappa shape index (κ2) is 6.40. The minimum absolute atomic E-state index is 0.139. The normalized spacial score (nSPS) is 13.0. The summed E-state index contributed by atoms with van der Waals surface area (Å²) < 4.78 is 39.8. The van der Waals surface area contributed by atoms with Crippen molar-refractivity contribution in [2.75, 3.05) is 5.32 Å². The van der Waals surface area contributed by atoms with E-state index in [-0.39, 0.29) is 6.04 Å². The van der Waals surface area contributed by atoms with Gasteiger partial charge in [-0.3, -0.25) is 0 Å². The Labute approximate surface area is 137 Å². The molecule has 0 bridgehead atoms. The zero-order valence-corrected chi connectivity index (χ0v) is 14.2. The van der Waals surface area contributed by atoms with E-state index < -0.39 is 11.7 Å². The third-order valence-corrected chi connectivity index (χ3v) is 4.45. The van der Waals surface area contributed by atoms with Crippen molar-refractivity contribution in [3.63, 3.8) is 0 Å². The summed E-state index contributed by atoms with van der Waals surface area (Å²) in [6, 6.07) is 11.0. The predicted octanol–water partition coefficient (Wildman–Crippen LogP) is 6.40. The molecule has 1 unspecified atom stereocenters. The average Bonchev–Trinajstić information content (AvgIpc) is 2.40. The molecular formula is C15H12Br2F3N. The average molecular weight is 423 g/mol. The maximum atomic E-state index is 12.8. The Bertz CT molecular complexity index is 641. The second-order valence-corrected chi connectivity index (χ2v) is 6.29. The number of rotatable bonds is 3. The van der Waals surface area contributed by atoms with E-state index in [1.54, 1.807) is 0 Å². The summed E-state index contributed by atoms with van der Waals surface area (Å²) >= 11 is 6.72. The number of hydrogen-bond donors (Lipinski definition) is 1. The fourth-order valence-electron chi connectivity index (χ4n) is 1.95. The van der Waals surface area contributed by atoms with E-state index in [2.05, 4.69) is 37.2 Å². The van der Waals surface area contributed by atoms with E-state index in [9.17, 15) is 13.2 Å². The summed E-state index contributed by atoms with van der Waals surface area (Å²) in [4.78, 5) is 0. The Morgan fingerprint density at radius 3 is 2.29 bits per heavy atom. The van der Waals surface area contributed by atoms with Gasteiger partial charge in [-0.15, -0.1) is 0 Å². The maximum absolute atomic E-state index is 12.8. The topological polar surface area (TPSA) is 12.0 Å². The molecule has 21 heavy (non-hydrogen) atoms. The number of alkyl halides is 3. The highest BCUT2D eigenvalue weighted by Crippen LogP contribution is 2.35. The summed E-state index contributed by atoms with van der Waals surface area (Å²) in [6.07, 6.45) is -4.35. The molecular weight excluding hydrogens is 411 g/mol. The van der Waals surface area contributed by atoms with Crippen LogP contribution in [0.25, 0.3) is 0 Å². The van der Waals surface area contributed by atoms with Gasteiger partial charge in [0.2, 0.25) is 0 Å². The van der Waals surface area contributed by atoms with Gasteiger partial charge in [0.25, 0.3) is 0 Å². The molecule has 0 saturated carbocycles. The van der Waals surface area contributed by atoms with Crippen LogP contribution in [0.2, 0.25) is 0 Å². The maximum Gasteiger partial charge on any atom is 0.416 e. The van der Waals surface area contributed by atoms with Crippen LogP contribution in [0, 0.1) is 0 Å². The number of halogens is 5. The Balaban J connectivity index is 2.29. The summed E-state index contributed by atoms with van der Waals surface area (Å²) in [5.74, 6) is 0. The Morgan fingerprint density at radius 1 is 1.00 bits per heavy atom. The highest BCUT2D eigenvalue weighted by molar-refractivity contribution is 9.11. The van der Waals surface area contributed by atoms with Crippen molar-refractivity contribution in [3.05, 3.63) is 62.5 Å². The molecule has 0 aliphatic carbocycles. The van der Waals surface area contributed by atoms with Gasteiger partial charge in [-0.1, -0.05) is 34.1 Å². The van der Waals surface area contributed by atoms with Crippen molar-refractivity contribution in [3.8, 4) is 0 Å². The van der Waals surface area contributed by atoms with Gasteiger partial charge in [-0.25, -0.2) is 0 Å². The van der Waals surface area contributed by atoms with Crippen LogP contribution in [0.5, 0.6) is 0 Å². The molecule has 112 valence electrons. The van der Waals surface area contributed by atoms with Crippen LogP contribution >= 0.6 is 31.9 Å². The molecule has 0 aliphatic rings. The fourth-order valence-corrected chi connectivity index (χ4v) is 2.94. The van der Waals surface area contributed by atoms with E-state index in [0.717, 1.165) is 22.2 Å². The van der Waals surface area contributed by atoms with Gasteiger partial charge < -0.3 is 5.32 Å². The van der Waals surface area contributed by atoms with Gasteiger partial charge in [0.1, 0.15) is 0 Å². The molecule has 6 heteroatoms. The van der Waals surface area contributed by atoms with E-state index >= 15 is 0 Å². The Kier molecular flexibility index (Phi) is 4.99. The zero-order chi connectivity index (χ0) is 15.6. The van der Waals surface area contributed by atoms with Gasteiger partial charge in [0.15, 0.2) is 0 Å². The number of hydrogen-bond acceptors (Lipinski definition) is 1. The molecule has 0 amide bonds. The SMILES string of the molecule is CC(Nc1cc(C(F)(F)F)ccc1Br)c1ccccc1Br. The summed E-state index contributed by atoms with van der Waals surface area (Å²) in [5.41, 5.74) is 0.711. The molecule has 0 saturated heterocycles. The first kappa shape index (κ1) is 16.4. The molecule has 0 aliphatic heterocycles. The largest absolute Gasteiger partial charge is 0.416 e. The molecule has 0 spiro atoms. The monoisotopic (exact) mass is 421 g/mol. The van der Waals surface area contributed by atoms with Crippen LogP contribution < -0.4 is 5.32 Å². The number of anilines is 1. The summed E-state index contributed by atoms with van der Waals surface area (Å²) in [6.45, 7) is 1.90. The van der Waals surface area contributed by atoms with E-state index in [1.807, 2.05) is 31.2 Å². The highest BCUT2D eigenvalue weighted by Gasteiger charge is 2.31. The third kappa shape index (κ3) is 4.01. The molecule has 2 aromatic carbocycles. The van der Waals surface area contributed by atoms with Crippen LogP contribution in [0.4, 0.5) is 18.9 Å². The molecule has 0 fully saturated rings. The minimum atomic E-state index is -4.35. The van der Waals surface area contributed by atoms with Gasteiger partial charge in [0, 0.05) is 20.7 Å². The Hall–Kier alpha value is -1.01. The van der Waals surface area contributed by atoms with Crippen molar-refractivity contribution in [2.24, 2.45) is 0 Å². The van der Waals surface area contributed by atoms with Gasteiger partial charge in [0.05, 0.1) is 5.56 Å². The number of nitrogens with one attached hydrogen (secondary N) is 1. The first-order valence-corrected chi connectivity index (χ1v) is 7.75. The Morgan fingerprint density at radius 2 is 1.67 bits per heavy atom. The van der Waals surface area contributed by atoms with Gasteiger partial charge in [-0.05, 0) is 52.7 Å². The fraction of sp³-hybridized carbons (Fsp3) is 0.200. The molecule has 2 rings (SSSR count). The molecule has 0 aromatic heterocycles. The predicted molar refractivity (Wildman–Crippen MR) is 85.3 cm³/mol. The van der Waals surface area contributed by atoms with Crippen LogP contribution in [-0.2, 0) is 6.18 Å². The van der Waals surface area contributed by atoms with Crippen LogP contribution in [0.15, 0.2) is 51.4 Å². The third-order valence-electron chi connectivity index (χ3n) is 3.04. The first-order chi connectivity index (χ1) is 9.79. The molecule has 0 radical (unpaired) electrons. The molecule has 0 heterocycles. The first-order valence-electron chi connectivity index (χ1n) is 6.16. The van der Waals surface area contributed by atoms with Crippen molar-refractivity contribution in [2.45, 2.75) is 19.1 Å². The van der Waals surface area contributed by atoms with Crippen molar-refractivity contribution in [1.29, 1.82) is 0 Å². The van der Waals surface area contributed by atoms with Crippen molar-refractivity contribution < 1.29 is 13.2 Å². The van der Waals surface area contributed by atoms with Crippen molar-refractivity contribution in [1.82, 2.24) is 0 Å². The number of benzene rings is 2. The van der Waals surface area contributed by atoms with E-state index in [1.165, 1.54) is 6.07 Å². The smallest absolute Gasteiger partial charge is 0.378 e. The molecule has 1 nitrogen and oxygen atoms in total. The lowest BCUT2D eigenvalue weighted by molar-refractivity contribution is -0.137. The standard InChI is InChI=1S/C15H12Br2F3N/c1-9(11-4-2-3-5-12(11)16)21-14-8-10(15(18,19)20)6-7-13(14)17/h2-9,21H,1H3.